The molecule has 0 spiro atoms. The first-order chi connectivity index (χ1) is 14.0. The van der Waals surface area contributed by atoms with Crippen molar-refractivity contribution in [1.29, 1.82) is 0 Å². The van der Waals surface area contributed by atoms with Gasteiger partial charge in [-0.3, -0.25) is 9.69 Å². The van der Waals surface area contributed by atoms with E-state index < -0.39 is 0 Å². The number of rotatable bonds is 6. The van der Waals surface area contributed by atoms with Gasteiger partial charge in [0.25, 0.3) is 5.91 Å². The summed E-state index contributed by atoms with van der Waals surface area (Å²) in [5.41, 5.74) is 2.55. The highest BCUT2D eigenvalue weighted by Gasteiger charge is 2.23. The topological polar surface area (TPSA) is 49.6 Å². The zero-order valence-corrected chi connectivity index (χ0v) is 18.1. The van der Waals surface area contributed by atoms with Crippen LogP contribution in [0.4, 0.5) is 10.8 Å². The Labute approximate surface area is 178 Å². The monoisotopic (exact) mass is 423 g/mol. The number of aromatic nitrogens is 1. The van der Waals surface area contributed by atoms with Gasteiger partial charge in [0.05, 0.1) is 23.0 Å². The summed E-state index contributed by atoms with van der Waals surface area (Å²) in [6.07, 6.45) is 3.67. The van der Waals surface area contributed by atoms with Crippen LogP contribution in [0.2, 0.25) is 0 Å². The maximum absolute atomic E-state index is 13.4. The number of carbonyl (C=O) groups excluding carboxylic acids is 1. The van der Waals surface area contributed by atoms with Crippen molar-refractivity contribution < 1.29 is 9.21 Å². The van der Waals surface area contributed by atoms with Crippen LogP contribution in [-0.4, -0.2) is 31.2 Å². The van der Waals surface area contributed by atoms with Gasteiger partial charge in [-0.1, -0.05) is 11.3 Å². The van der Waals surface area contributed by atoms with Gasteiger partial charge in [-0.05, 0) is 60.9 Å². The highest BCUT2D eigenvalue weighted by Crippen LogP contribution is 2.33. The largest absolute Gasteiger partial charge is 0.467 e. The van der Waals surface area contributed by atoms with Gasteiger partial charge in [0, 0.05) is 30.2 Å². The summed E-state index contributed by atoms with van der Waals surface area (Å²) in [7, 11) is 3.95. The van der Waals surface area contributed by atoms with Crippen molar-refractivity contribution in [3.63, 3.8) is 0 Å². The van der Waals surface area contributed by atoms with Gasteiger partial charge in [-0.2, -0.15) is 0 Å². The average molecular weight is 424 g/mol. The molecule has 7 heteroatoms. The number of amides is 1. The molecule has 0 bridgehead atoms. The minimum Gasteiger partial charge on any atom is -0.467 e. The molecule has 0 N–H and O–H groups in total. The minimum absolute atomic E-state index is 0.101. The number of fused-ring (bicyclic) bond motifs is 1. The summed E-state index contributed by atoms with van der Waals surface area (Å²) in [4.78, 5) is 23.0. The smallest absolute Gasteiger partial charge is 0.260 e. The normalized spacial score (nSPS) is 11.0. The van der Waals surface area contributed by atoms with Crippen molar-refractivity contribution in [2.45, 2.75) is 11.4 Å². The first-order valence-corrected chi connectivity index (χ1v) is 11.2. The molecule has 4 rings (SSSR count). The van der Waals surface area contributed by atoms with Crippen LogP contribution in [0.25, 0.3) is 10.2 Å². The third-order valence-electron chi connectivity index (χ3n) is 4.59. The molecule has 2 aromatic heterocycles. The molecule has 0 fully saturated rings. The van der Waals surface area contributed by atoms with E-state index in [-0.39, 0.29) is 5.91 Å². The van der Waals surface area contributed by atoms with Crippen molar-refractivity contribution in [1.82, 2.24) is 4.98 Å². The number of nitrogens with zero attached hydrogens (tertiary/aromatic N) is 3. The molecule has 0 atom stereocenters. The van der Waals surface area contributed by atoms with E-state index in [0.717, 1.165) is 15.9 Å². The fourth-order valence-corrected chi connectivity index (χ4v) is 4.49. The summed E-state index contributed by atoms with van der Waals surface area (Å²) in [6.45, 7) is 0.330. The van der Waals surface area contributed by atoms with E-state index >= 15 is 0 Å². The third-order valence-corrected chi connectivity index (χ3v) is 6.35. The van der Waals surface area contributed by atoms with Gasteiger partial charge >= 0.3 is 0 Å². The minimum atomic E-state index is -0.101. The maximum atomic E-state index is 13.4. The fourth-order valence-electron chi connectivity index (χ4n) is 2.98. The Balaban J connectivity index is 1.72. The molecule has 0 saturated heterocycles. The summed E-state index contributed by atoms with van der Waals surface area (Å²) < 4.78 is 6.57. The van der Waals surface area contributed by atoms with Crippen LogP contribution in [-0.2, 0) is 6.54 Å². The van der Waals surface area contributed by atoms with Crippen LogP contribution in [0.15, 0.2) is 70.2 Å². The summed E-state index contributed by atoms with van der Waals surface area (Å²) in [6, 6.07) is 17.5. The second-order valence-electron chi connectivity index (χ2n) is 6.74. The van der Waals surface area contributed by atoms with Crippen LogP contribution in [0.5, 0.6) is 0 Å². The Hall–Kier alpha value is -2.77. The number of hydrogen-bond donors (Lipinski definition) is 0. The van der Waals surface area contributed by atoms with Crippen molar-refractivity contribution in [3.8, 4) is 0 Å². The van der Waals surface area contributed by atoms with Gasteiger partial charge < -0.3 is 9.32 Å². The molecule has 0 aliphatic carbocycles. The van der Waals surface area contributed by atoms with E-state index in [1.54, 1.807) is 22.9 Å². The molecule has 0 aliphatic rings. The third kappa shape index (κ3) is 4.16. The number of benzene rings is 2. The van der Waals surface area contributed by atoms with Crippen LogP contribution >= 0.6 is 23.1 Å². The van der Waals surface area contributed by atoms with E-state index in [1.807, 2.05) is 67.7 Å². The molecule has 148 valence electrons. The highest BCUT2D eigenvalue weighted by molar-refractivity contribution is 7.98. The molecule has 4 aromatic rings. The SMILES string of the molecule is CSc1ccc2nc(N(Cc3ccco3)C(=O)c3ccc(N(C)C)cc3)sc2c1. The second kappa shape index (κ2) is 8.31. The lowest BCUT2D eigenvalue weighted by Gasteiger charge is -2.19. The molecule has 2 heterocycles. The Kier molecular flexibility index (Phi) is 5.60. The lowest BCUT2D eigenvalue weighted by molar-refractivity contribution is 0.0983. The zero-order chi connectivity index (χ0) is 20.4. The first kappa shape index (κ1) is 19.5. The van der Waals surface area contributed by atoms with Gasteiger partial charge in [-0.25, -0.2) is 4.98 Å². The molecular formula is C22H21N3O2S2. The predicted octanol–water partition coefficient (Wildman–Crippen LogP) is 5.52. The fraction of sp³-hybridized carbons (Fsp3) is 0.182. The van der Waals surface area contributed by atoms with Crippen LogP contribution in [0.1, 0.15) is 16.1 Å². The van der Waals surface area contributed by atoms with Gasteiger partial charge in [0.2, 0.25) is 0 Å². The standard InChI is InChI=1S/C22H21N3O2S2/c1-24(2)16-8-6-15(7-9-16)21(26)25(14-17-5-4-12-27-17)22-23-19-11-10-18(28-3)13-20(19)29-22/h4-13H,14H2,1-3H3. The van der Waals surface area contributed by atoms with Crippen molar-refractivity contribution in [2.24, 2.45) is 0 Å². The van der Waals surface area contributed by atoms with E-state index in [9.17, 15) is 4.79 Å². The van der Waals surface area contributed by atoms with Crippen LogP contribution in [0, 0.1) is 0 Å². The number of furan rings is 1. The highest BCUT2D eigenvalue weighted by atomic mass is 32.2. The maximum Gasteiger partial charge on any atom is 0.260 e. The average Bonchev–Trinajstić information content (AvgIpc) is 3.40. The van der Waals surface area contributed by atoms with E-state index in [4.69, 9.17) is 9.40 Å². The van der Waals surface area contributed by atoms with Gasteiger partial charge in [0.15, 0.2) is 5.13 Å². The molecular weight excluding hydrogens is 402 g/mol. The molecule has 0 radical (unpaired) electrons. The zero-order valence-electron chi connectivity index (χ0n) is 16.5. The molecule has 5 nitrogen and oxygen atoms in total. The molecule has 0 aliphatic heterocycles. The van der Waals surface area contributed by atoms with Crippen molar-refractivity contribution in [2.75, 3.05) is 30.2 Å². The Bertz CT molecular complexity index is 1120. The molecule has 29 heavy (non-hydrogen) atoms. The number of thiazole rings is 1. The molecule has 2 aromatic carbocycles. The van der Waals surface area contributed by atoms with Crippen molar-refractivity contribution >= 4 is 50.0 Å². The van der Waals surface area contributed by atoms with E-state index in [2.05, 4.69) is 12.1 Å². The van der Waals surface area contributed by atoms with Crippen LogP contribution < -0.4 is 9.80 Å². The van der Waals surface area contributed by atoms with Crippen molar-refractivity contribution in [3.05, 3.63) is 72.2 Å². The Morgan fingerprint density at radius 2 is 1.93 bits per heavy atom. The van der Waals surface area contributed by atoms with E-state index in [0.29, 0.717) is 23.0 Å². The Morgan fingerprint density at radius 3 is 2.59 bits per heavy atom. The molecule has 0 unspecified atom stereocenters. The van der Waals surface area contributed by atoms with Gasteiger partial charge in [-0.15, -0.1) is 11.8 Å². The Morgan fingerprint density at radius 1 is 1.14 bits per heavy atom. The van der Waals surface area contributed by atoms with Crippen LogP contribution in [0.3, 0.4) is 0 Å². The molecule has 0 saturated carbocycles. The lowest BCUT2D eigenvalue weighted by atomic mass is 10.1. The quantitative estimate of drug-likeness (QED) is 0.382. The lowest BCUT2D eigenvalue weighted by Crippen LogP contribution is -2.30. The predicted molar refractivity (Wildman–Crippen MR) is 121 cm³/mol. The summed E-state index contributed by atoms with van der Waals surface area (Å²) >= 11 is 3.21. The van der Waals surface area contributed by atoms with E-state index in [1.165, 1.54) is 16.2 Å². The summed E-state index contributed by atoms with van der Waals surface area (Å²) in [5, 5.41) is 0.663. The number of anilines is 2. The number of hydrogen-bond acceptors (Lipinski definition) is 6. The first-order valence-electron chi connectivity index (χ1n) is 9.11. The van der Waals surface area contributed by atoms with Gasteiger partial charge in [0.1, 0.15) is 5.76 Å². The number of carbonyl (C=O) groups is 1. The number of thioether (sulfide) groups is 1. The second-order valence-corrected chi connectivity index (χ2v) is 8.63. The summed E-state index contributed by atoms with van der Waals surface area (Å²) in [5.74, 6) is 0.614. The molecule has 1 amide bonds.